The molecule has 0 atom stereocenters. The van der Waals surface area contributed by atoms with Crippen LogP contribution in [-0.2, 0) is 5.75 Å². The van der Waals surface area contributed by atoms with E-state index in [-0.39, 0.29) is 12.4 Å². The van der Waals surface area contributed by atoms with E-state index in [1.54, 1.807) is 0 Å². The molecular weight excluding hydrogens is 212 g/mol. The quantitative estimate of drug-likeness (QED) is 0.497. The van der Waals surface area contributed by atoms with Crippen LogP contribution in [0, 0.1) is 0 Å². The van der Waals surface area contributed by atoms with Gasteiger partial charge in [-0.2, -0.15) is 0 Å². The largest absolute Gasteiger partial charge is 1.00 e. The fourth-order valence-electron chi connectivity index (χ4n) is 1.52. The first-order valence-electron chi connectivity index (χ1n) is 5.47. The van der Waals surface area contributed by atoms with Crippen LogP contribution in [-0.4, -0.2) is 0 Å². The zero-order chi connectivity index (χ0) is 9.36. The lowest BCUT2D eigenvalue weighted by molar-refractivity contribution is -0.00000282. The molecule has 0 aromatic carbocycles. The number of hydrogen-bond donors (Lipinski definition) is 0. The van der Waals surface area contributed by atoms with Crippen LogP contribution in [0.5, 0.6) is 0 Å². The van der Waals surface area contributed by atoms with Crippen LogP contribution in [0.3, 0.4) is 0 Å². The van der Waals surface area contributed by atoms with E-state index in [9.17, 15) is 0 Å². The number of halogens is 1. The minimum Gasteiger partial charge on any atom is -1.00 e. The molecule has 0 N–H and O–H groups in total. The number of hydrogen-bond acceptors (Lipinski definition) is 0. The third kappa shape index (κ3) is 6.44. The SMILES string of the molecule is CCCCCCCC[s+]1cccc1.[Cl-]. The van der Waals surface area contributed by atoms with Crippen LogP contribution < -0.4 is 12.4 Å². The van der Waals surface area contributed by atoms with E-state index >= 15 is 0 Å². The summed E-state index contributed by atoms with van der Waals surface area (Å²) in [5, 5.41) is 4.68. The summed E-state index contributed by atoms with van der Waals surface area (Å²) in [7, 11) is 0.504. The molecule has 1 aromatic rings. The molecule has 0 radical (unpaired) electrons. The molecule has 0 aliphatic carbocycles. The molecule has 0 aliphatic rings. The van der Waals surface area contributed by atoms with Gasteiger partial charge in [0.05, 0.1) is 0 Å². The normalized spacial score (nSPS) is 9.79. The van der Waals surface area contributed by atoms with Gasteiger partial charge in [0.2, 0.25) is 0 Å². The lowest BCUT2D eigenvalue weighted by Crippen LogP contribution is -3.00. The molecule has 0 nitrogen and oxygen atoms in total. The van der Waals surface area contributed by atoms with Crippen LogP contribution in [0.15, 0.2) is 22.9 Å². The van der Waals surface area contributed by atoms with Crippen molar-refractivity contribution in [2.45, 2.75) is 51.2 Å². The molecule has 2 heteroatoms. The smallest absolute Gasteiger partial charge is 0.137 e. The van der Waals surface area contributed by atoms with Gasteiger partial charge >= 0.3 is 0 Å². The van der Waals surface area contributed by atoms with E-state index in [1.807, 2.05) is 0 Å². The van der Waals surface area contributed by atoms with Gasteiger partial charge in [0, 0.05) is 0 Å². The molecule has 0 saturated carbocycles. The van der Waals surface area contributed by atoms with Crippen molar-refractivity contribution in [1.29, 1.82) is 0 Å². The summed E-state index contributed by atoms with van der Waals surface area (Å²) in [6, 6.07) is 4.36. The molecule has 0 unspecified atom stereocenters. The van der Waals surface area contributed by atoms with Crippen molar-refractivity contribution < 1.29 is 12.4 Å². The second-order valence-corrected chi connectivity index (χ2v) is 5.49. The summed E-state index contributed by atoms with van der Waals surface area (Å²) < 4.78 is 0. The average molecular weight is 233 g/mol. The first-order chi connectivity index (χ1) is 6.43. The highest BCUT2D eigenvalue weighted by Crippen LogP contribution is 2.20. The molecule has 1 rings (SSSR count). The van der Waals surface area contributed by atoms with E-state index in [4.69, 9.17) is 0 Å². The predicted molar refractivity (Wildman–Crippen MR) is 62.3 cm³/mol. The molecule has 0 amide bonds. The number of aryl methyl sites for hydroxylation is 1. The Balaban J connectivity index is 0.00000169. The maximum absolute atomic E-state index is 2.34. The van der Waals surface area contributed by atoms with Gasteiger partial charge < -0.3 is 12.4 Å². The van der Waals surface area contributed by atoms with Gasteiger partial charge in [-0.15, -0.1) is 0 Å². The van der Waals surface area contributed by atoms with E-state index in [0.29, 0.717) is 10.5 Å². The van der Waals surface area contributed by atoms with E-state index < -0.39 is 0 Å². The summed E-state index contributed by atoms with van der Waals surface area (Å²) in [6.07, 6.45) is 8.52. The molecule has 0 fully saturated rings. The topological polar surface area (TPSA) is 0 Å². The fourth-order valence-corrected chi connectivity index (χ4v) is 3.01. The van der Waals surface area contributed by atoms with Gasteiger partial charge in [-0.05, 0) is 35.4 Å². The van der Waals surface area contributed by atoms with Gasteiger partial charge in [-0.3, -0.25) is 0 Å². The van der Waals surface area contributed by atoms with Crippen LogP contribution in [0.2, 0.25) is 0 Å². The van der Waals surface area contributed by atoms with Crippen LogP contribution in [0.1, 0.15) is 45.4 Å². The molecule has 0 spiro atoms. The zero-order valence-electron chi connectivity index (χ0n) is 9.05. The standard InChI is InChI=1S/C12H21S.ClH/c1-2-3-4-5-6-7-10-13-11-8-9-12-13;/h8-9,11-12H,2-7,10H2,1H3;1H/q+1;/p-1. The highest BCUT2D eigenvalue weighted by Gasteiger charge is 2.00. The second kappa shape index (κ2) is 9.54. The summed E-state index contributed by atoms with van der Waals surface area (Å²) in [5.74, 6) is 1.39. The van der Waals surface area contributed by atoms with E-state index in [0.717, 1.165) is 0 Å². The Morgan fingerprint density at radius 1 is 0.857 bits per heavy atom. The number of unbranched alkanes of at least 4 members (excludes halogenated alkanes) is 5. The Bertz CT molecular complexity index is 194. The van der Waals surface area contributed by atoms with Gasteiger partial charge in [0.1, 0.15) is 16.5 Å². The summed E-state index contributed by atoms with van der Waals surface area (Å²) in [5.41, 5.74) is 0. The maximum Gasteiger partial charge on any atom is 0.137 e. The van der Waals surface area contributed by atoms with Crippen LogP contribution in [0.25, 0.3) is 0 Å². The summed E-state index contributed by atoms with van der Waals surface area (Å²) in [4.78, 5) is 0. The molecule has 0 bridgehead atoms. The first-order valence-corrected chi connectivity index (χ1v) is 6.99. The van der Waals surface area contributed by atoms with E-state index in [1.165, 1.54) is 44.3 Å². The minimum atomic E-state index is 0. The molecule has 0 saturated heterocycles. The minimum absolute atomic E-state index is 0. The van der Waals surface area contributed by atoms with Crippen molar-refractivity contribution in [2.24, 2.45) is 0 Å². The maximum atomic E-state index is 2.34. The van der Waals surface area contributed by atoms with Crippen molar-refractivity contribution in [1.82, 2.24) is 0 Å². The fraction of sp³-hybridized carbons (Fsp3) is 0.667. The van der Waals surface area contributed by atoms with Crippen molar-refractivity contribution in [3.05, 3.63) is 22.9 Å². The van der Waals surface area contributed by atoms with Gasteiger partial charge in [0.25, 0.3) is 0 Å². The van der Waals surface area contributed by atoms with Crippen molar-refractivity contribution in [3.63, 3.8) is 0 Å². The second-order valence-electron chi connectivity index (χ2n) is 3.60. The number of thiophene rings is 1. The van der Waals surface area contributed by atoms with Gasteiger partial charge in [-0.25, -0.2) is 0 Å². The third-order valence-electron chi connectivity index (χ3n) is 2.35. The number of rotatable bonds is 7. The van der Waals surface area contributed by atoms with Crippen molar-refractivity contribution in [2.75, 3.05) is 0 Å². The van der Waals surface area contributed by atoms with Gasteiger partial charge in [-0.1, -0.05) is 32.6 Å². The Morgan fingerprint density at radius 3 is 2.07 bits per heavy atom. The molecule has 82 valence electrons. The average Bonchev–Trinajstić information content (AvgIpc) is 2.63. The highest BCUT2D eigenvalue weighted by molar-refractivity contribution is 7.27. The monoisotopic (exact) mass is 232 g/mol. The Kier molecular flexibility index (Phi) is 9.53. The first kappa shape index (κ1) is 14.0. The van der Waals surface area contributed by atoms with Crippen LogP contribution >= 0.6 is 10.5 Å². The van der Waals surface area contributed by atoms with Crippen molar-refractivity contribution >= 4 is 10.5 Å². The molecular formula is C12H21ClS. The van der Waals surface area contributed by atoms with Crippen LogP contribution in [0.4, 0.5) is 0 Å². The van der Waals surface area contributed by atoms with Crippen molar-refractivity contribution in [3.8, 4) is 0 Å². The predicted octanol–water partition coefficient (Wildman–Crippen LogP) is 1.80. The Labute approximate surface area is 97.1 Å². The molecule has 0 aliphatic heterocycles. The summed E-state index contributed by atoms with van der Waals surface area (Å²) >= 11 is 0. The Morgan fingerprint density at radius 2 is 1.43 bits per heavy atom. The highest BCUT2D eigenvalue weighted by atomic mass is 35.5. The molecule has 1 aromatic heterocycles. The third-order valence-corrected chi connectivity index (χ3v) is 4.12. The van der Waals surface area contributed by atoms with E-state index in [2.05, 4.69) is 29.8 Å². The van der Waals surface area contributed by atoms with Gasteiger partial charge in [0.15, 0.2) is 0 Å². The Hall–Kier alpha value is -0.0100. The molecule has 1 heterocycles. The lowest BCUT2D eigenvalue weighted by Gasteiger charge is -1.96. The lowest BCUT2D eigenvalue weighted by atomic mass is 10.1. The molecule has 14 heavy (non-hydrogen) atoms. The summed E-state index contributed by atoms with van der Waals surface area (Å²) in [6.45, 7) is 2.27. The zero-order valence-corrected chi connectivity index (χ0v) is 10.6.